The molecule has 3 amide bonds. The number of amides is 3. The summed E-state index contributed by atoms with van der Waals surface area (Å²) in [7, 11) is 0. The van der Waals surface area contributed by atoms with E-state index in [0.29, 0.717) is 0 Å². The topological polar surface area (TPSA) is 228 Å². The quantitative estimate of drug-likeness (QED) is 0.153. The second-order valence-corrected chi connectivity index (χ2v) is 7.23. The van der Waals surface area contributed by atoms with Gasteiger partial charge in [-0.25, -0.2) is 4.79 Å². The van der Waals surface area contributed by atoms with E-state index in [1.165, 1.54) is 6.92 Å². The van der Waals surface area contributed by atoms with Gasteiger partial charge in [0.15, 0.2) is 6.04 Å². The lowest BCUT2D eigenvalue weighted by atomic mass is 10.0. The average Bonchev–Trinajstić information content (AvgIpc) is 2.59. The number of carboxylic acid groups (broad SMARTS) is 2. The molecule has 0 bridgehead atoms. The Labute approximate surface area is 173 Å². The zero-order valence-electron chi connectivity index (χ0n) is 17.2. The molecule has 0 aromatic heterocycles. The molecule has 0 rings (SSSR count). The van der Waals surface area contributed by atoms with Crippen molar-refractivity contribution in [3.05, 3.63) is 0 Å². The summed E-state index contributed by atoms with van der Waals surface area (Å²) >= 11 is 0. The second-order valence-electron chi connectivity index (χ2n) is 7.23. The summed E-state index contributed by atoms with van der Waals surface area (Å²) in [5.74, 6) is -6.18. The monoisotopic (exact) mass is 434 g/mol. The summed E-state index contributed by atoms with van der Waals surface area (Å²) in [6.45, 7) is 5.45. The molecule has 0 aromatic rings. The van der Waals surface area contributed by atoms with E-state index < -0.39 is 78.4 Å². The van der Waals surface area contributed by atoms with Crippen LogP contribution < -0.4 is 21.7 Å². The van der Waals surface area contributed by atoms with Crippen molar-refractivity contribution in [1.82, 2.24) is 16.0 Å². The number of nitrogens with one attached hydrogen (secondary N) is 3. The molecule has 6 atom stereocenters. The molecule has 6 unspecified atom stereocenters. The highest BCUT2D eigenvalue weighted by molar-refractivity contribution is 5.95. The summed E-state index contributed by atoms with van der Waals surface area (Å²) in [6, 6.07) is -5.90. The number of carbonyl (C=O) groups excluding carboxylic acids is 3. The highest BCUT2D eigenvalue weighted by Crippen LogP contribution is 2.06. The number of hydrogen-bond acceptors (Lipinski definition) is 8. The molecule has 13 heteroatoms. The third-order valence-electron chi connectivity index (χ3n) is 4.09. The van der Waals surface area contributed by atoms with Crippen LogP contribution in [-0.4, -0.2) is 86.5 Å². The maximum absolute atomic E-state index is 12.6. The van der Waals surface area contributed by atoms with Crippen LogP contribution in [0.25, 0.3) is 0 Å². The molecule has 30 heavy (non-hydrogen) atoms. The van der Waals surface area contributed by atoms with Gasteiger partial charge in [-0.2, -0.15) is 0 Å². The molecule has 0 spiro atoms. The van der Waals surface area contributed by atoms with Gasteiger partial charge in [-0.05, 0) is 19.8 Å². The fourth-order valence-corrected chi connectivity index (χ4v) is 2.36. The van der Waals surface area contributed by atoms with Gasteiger partial charge in [0.25, 0.3) is 0 Å². The smallest absolute Gasteiger partial charge is 0.328 e. The average molecular weight is 434 g/mol. The number of hydrogen-bond donors (Lipinski definition) is 8. The van der Waals surface area contributed by atoms with Crippen molar-refractivity contribution in [3.8, 4) is 0 Å². The van der Waals surface area contributed by atoms with Gasteiger partial charge >= 0.3 is 11.9 Å². The predicted molar refractivity (Wildman–Crippen MR) is 102 cm³/mol. The predicted octanol–water partition coefficient (Wildman–Crippen LogP) is -3.25. The van der Waals surface area contributed by atoms with Crippen molar-refractivity contribution in [1.29, 1.82) is 0 Å². The van der Waals surface area contributed by atoms with E-state index in [1.807, 2.05) is 5.32 Å². The van der Waals surface area contributed by atoms with E-state index in [4.69, 9.17) is 15.9 Å². The Morgan fingerprint density at radius 2 is 1.13 bits per heavy atom. The molecule has 0 aliphatic carbocycles. The van der Waals surface area contributed by atoms with Crippen LogP contribution in [0.15, 0.2) is 0 Å². The van der Waals surface area contributed by atoms with E-state index in [2.05, 4.69) is 10.6 Å². The van der Waals surface area contributed by atoms with Crippen molar-refractivity contribution < 1.29 is 44.4 Å². The number of rotatable bonds is 12. The van der Waals surface area contributed by atoms with E-state index >= 15 is 0 Å². The first kappa shape index (κ1) is 27.2. The van der Waals surface area contributed by atoms with Crippen LogP contribution in [0.4, 0.5) is 0 Å². The Kier molecular flexibility index (Phi) is 10.9. The van der Waals surface area contributed by atoms with Crippen LogP contribution in [-0.2, 0) is 24.0 Å². The summed E-state index contributed by atoms with van der Waals surface area (Å²) in [4.78, 5) is 58.8. The van der Waals surface area contributed by atoms with E-state index in [-0.39, 0.29) is 0 Å². The first-order valence-corrected chi connectivity index (χ1v) is 9.16. The van der Waals surface area contributed by atoms with Crippen molar-refractivity contribution in [2.45, 2.75) is 70.5 Å². The number of nitrogens with two attached hydrogens (primary N) is 1. The minimum atomic E-state index is -1.68. The number of carboxylic acids is 2. The largest absolute Gasteiger partial charge is 0.481 e. The zero-order chi connectivity index (χ0) is 23.8. The Hall–Kier alpha value is -2.77. The highest BCUT2D eigenvalue weighted by Gasteiger charge is 2.34. The van der Waals surface area contributed by atoms with Crippen LogP contribution in [0.1, 0.15) is 34.1 Å². The number of aliphatic carboxylic acids is 2. The molecule has 9 N–H and O–H groups in total. The fourth-order valence-electron chi connectivity index (χ4n) is 2.36. The van der Waals surface area contributed by atoms with Crippen molar-refractivity contribution in [2.75, 3.05) is 0 Å². The molecule has 0 aromatic carbocycles. The first-order chi connectivity index (χ1) is 13.7. The lowest BCUT2D eigenvalue weighted by molar-refractivity contribution is -0.146. The van der Waals surface area contributed by atoms with Gasteiger partial charge in [0.2, 0.25) is 17.7 Å². The Morgan fingerprint density at radius 1 is 0.733 bits per heavy atom. The summed E-state index contributed by atoms with van der Waals surface area (Å²) in [5.41, 5.74) is 5.47. The van der Waals surface area contributed by atoms with Gasteiger partial charge in [-0.15, -0.1) is 0 Å². The molecule has 0 heterocycles. The van der Waals surface area contributed by atoms with Crippen molar-refractivity contribution in [3.63, 3.8) is 0 Å². The van der Waals surface area contributed by atoms with Crippen molar-refractivity contribution >= 4 is 29.7 Å². The Balaban J connectivity index is 5.36. The molecular weight excluding hydrogens is 404 g/mol. The van der Waals surface area contributed by atoms with Gasteiger partial charge in [0.1, 0.15) is 12.1 Å². The van der Waals surface area contributed by atoms with Gasteiger partial charge in [0.05, 0.1) is 24.7 Å². The van der Waals surface area contributed by atoms with Gasteiger partial charge in [-0.1, -0.05) is 13.8 Å². The summed E-state index contributed by atoms with van der Waals surface area (Å²) < 4.78 is 0. The summed E-state index contributed by atoms with van der Waals surface area (Å²) in [6.07, 6.45) is -3.56. The van der Waals surface area contributed by atoms with Crippen molar-refractivity contribution in [2.24, 2.45) is 11.7 Å². The van der Waals surface area contributed by atoms with E-state index in [0.717, 1.165) is 6.92 Å². The van der Waals surface area contributed by atoms with Gasteiger partial charge in [-0.3, -0.25) is 19.2 Å². The number of carbonyl (C=O) groups is 5. The molecule has 0 aliphatic heterocycles. The molecule has 0 fully saturated rings. The van der Waals surface area contributed by atoms with Gasteiger partial charge < -0.3 is 42.1 Å². The molecule has 172 valence electrons. The zero-order valence-corrected chi connectivity index (χ0v) is 17.2. The lowest BCUT2D eigenvalue weighted by Crippen LogP contribution is -2.61. The van der Waals surface area contributed by atoms with E-state index in [1.54, 1.807) is 13.8 Å². The highest BCUT2D eigenvalue weighted by atomic mass is 16.4. The van der Waals surface area contributed by atoms with Crippen LogP contribution in [0.3, 0.4) is 0 Å². The molecular formula is C17H30N4O9. The maximum atomic E-state index is 12.6. The molecule has 13 nitrogen and oxygen atoms in total. The normalized spacial score (nSPS) is 17.1. The first-order valence-electron chi connectivity index (χ1n) is 9.16. The van der Waals surface area contributed by atoms with Crippen LogP contribution in [0, 0.1) is 5.92 Å². The van der Waals surface area contributed by atoms with Gasteiger partial charge in [0, 0.05) is 0 Å². The third-order valence-corrected chi connectivity index (χ3v) is 4.09. The Morgan fingerprint density at radius 3 is 1.50 bits per heavy atom. The third kappa shape index (κ3) is 8.71. The van der Waals surface area contributed by atoms with E-state index in [9.17, 15) is 34.2 Å². The second kappa shape index (κ2) is 12.0. The van der Waals surface area contributed by atoms with Crippen LogP contribution >= 0.6 is 0 Å². The van der Waals surface area contributed by atoms with Crippen LogP contribution in [0.2, 0.25) is 0 Å². The number of aliphatic hydroxyl groups excluding tert-OH is 2. The molecule has 0 radical (unpaired) electrons. The lowest BCUT2D eigenvalue weighted by Gasteiger charge is -2.28. The minimum Gasteiger partial charge on any atom is -0.481 e. The van der Waals surface area contributed by atoms with Crippen LogP contribution in [0.5, 0.6) is 0 Å². The summed E-state index contributed by atoms with van der Waals surface area (Å²) in [5, 5.41) is 43.6. The minimum absolute atomic E-state index is 0.507. The molecule has 0 aliphatic rings. The SMILES string of the molecule is CC(C)C(NC(=O)C(N)CC(=O)O)C(=O)NC(C(=O)NC(C(=O)O)C(C)O)C(C)O. The Bertz CT molecular complexity index is 651. The molecule has 0 saturated carbocycles. The number of aliphatic hydroxyl groups is 2. The standard InChI is InChI=1S/C17H30N4O9/c1-6(2)11(19-14(26)9(18)5-10(24)25)15(27)20-12(7(3)22)16(28)21-13(8(4)23)17(29)30/h6-9,11-13,22-23H,5,18H2,1-4H3,(H,19,26)(H,20,27)(H,21,28)(H,24,25)(H,29,30). The maximum Gasteiger partial charge on any atom is 0.328 e. The fraction of sp³-hybridized carbons (Fsp3) is 0.706. The molecule has 0 saturated heterocycles.